The molecule has 0 aliphatic carbocycles. The minimum Gasteiger partial charge on any atom is -0.494 e. The zero-order valence-electron chi connectivity index (χ0n) is 10.6. The maximum atomic E-state index is 5.83. The van der Waals surface area contributed by atoms with Crippen molar-refractivity contribution < 1.29 is 4.74 Å². The lowest BCUT2D eigenvalue weighted by atomic mass is 10.1. The van der Waals surface area contributed by atoms with Gasteiger partial charge in [0.05, 0.1) is 6.61 Å². The Kier molecular flexibility index (Phi) is 4.18. The Hall–Kier alpha value is -2.03. The summed E-state index contributed by atoms with van der Waals surface area (Å²) < 4.78 is 5.64. The zero-order chi connectivity index (χ0) is 12.8. The molecule has 0 bridgehead atoms. The van der Waals surface area contributed by atoms with Gasteiger partial charge in [0, 0.05) is 6.20 Å². The van der Waals surface area contributed by atoms with Crippen molar-refractivity contribution in [3.05, 3.63) is 53.7 Å². The first-order chi connectivity index (χ1) is 8.75. The van der Waals surface area contributed by atoms with Gasteiger partial charge in [-0.25, -0.2) is 4.98 Å². The number of aryl methyl sites for hydroxylation is 2. The molecule has 18 heavy (non-hydrogen) atoms. The molecule has 2 aromatic rings. The highest BCUT2D eigenvalue weighted by Crippen LogP contribution is 2.13. The molecule has 0 atom stereocenters. The van der Waals surface area contributed by atoms with Crippen molar-refractivity contribution in [1.29, 1.82) is 0 Å². The Morgan fingerprint density at radius 3 is 2.78 bits per heavy atom. The number of nitrogen functional groups attached to an aromatic ring is 1. The summed E-state index contributed by atoms with van der Waals surface area (Å²) in [5.41, 5.74) is 8.08. The summed E-state index contributed by atoms with van der Waals surface area (Å²) in [5.74, 6) is 1.54. The summed E-state index contributed by atoms with van der Waals surface area (Å²) in [6, 6.07) is 11.9. The van der Waals surface area contributed by atoms with E-state index < -0.39 is 0 Å². The molecule has 0 spiro atoms. The number of aromatic nitrogens is 1. The van der Waals surface area contributed by atoms with Crippen molar-refractivity contribution in [2.24, 2.45) is 0 Å². The number of para-hydroxylation sites is 1. The van der Waals surface area contributed by atoms with Crippen LogP contribution in [0.4, 0.5) is 5.82 Å². The molecule has 1 aromatic heterocycles. The molecule has 0 fully saturated rings. The molecule has 0 radical (unpaired) electrons. The van der Waals surface area contributed by atoms with E-state index in [0.717, 1.165) is 29.7 Å². The first-order valence-electron chi connectivity index (χ1n) is 6.14. The largest absolute Gasteiger partial charge is 0.494 e. The SMILES string of the molecule is Cc1cnc(N)c(CCCOc2ccccc2)c1. The van der Waals surface area contributed by atoms with Gasteiger partial charge in [0.2, 0.25) is 0 Å². The summed E-state index contributed by atoms with van der Waals surface area (Å²) in [6.07, 6.45) is 3.62. The van der Waals surface area contributed by atoms with E-state index in [1.54, 1.807) is 6.20 Å². The van der Waals surface area contributed by atoms with Crippen molar-refractivity contribution in [3.63, 3.8) is 0 Å². The van der Waals surface area contributed by atoms with Crippen molar-refractivity contribution >= 4 is 5.82 Å². The average Bonchev–Trinajstić information content (AvgIpc) is 2.40. The van der Waals surface area contributed by atoms with E-state index in [-0.39, 0.29) is 0 Å². The first kappa shape index (κ1) is 12.4. The summed E-state index contributed by atoms with van der Waals surface area (Å²) in [4.78, 5) is 4.15. The van der Waals surface area contributed by atoms with E-state index in [4.69, 9.17) is 10.5 Å². The molecule has 0 saturated heterocycles. The van der Waals surface area contributed by atoms with E-state index in [2.05, 4.69) is 11.1 Å². The van der Waals surface area contributed by atoms with E-state index in [9.17, 15) is 0 Å². The van der Waals surface area contributed by atoms with Crippen LogP contribution in [0.3, 0.4) is 0 Å². The highest BCUT2D eigenvalue weighted by atomic mass is 16.5. The normalized spacial score (nSPS) is 10.3. The van der Waals surface area contributed by atoms with Crippen LogP contribution >= 0.6 is 0 Å². The van der Waals surface area contributed by atoms with Gasteiger partial charge < -0.3 is 10.5 Å². The van der Waals surface area contributed by atoms with Crippen LogP contribution in [0, 0.1) is 6.92 Å². The minimum atomic E-state index is 0.625. The van der Waals surface area contributed by atoms with E-state index in [0.29, 0.717) is 12.4 Å². The van der Waals surface area contributed by atoms with Gasteiger partial charge in [-0.1, -0.05) is 24.3 Å². The van der Waals surface area contributed by atoms with Gasteiger partial charge in [-0.2, -0.15) is 0 Å². The lowest BCUT2D eigenvalue weighted by Gasteiger charge is -2.07. The zero-order valence-corrected chi connectivity index (χ0v) is 10.6. The summed E-state index contributed by atoms with van der Waals surface area (Å²) in [7, 11) is 0. The molecule has 94 valence electrons. The molecule has 3 nitrogen and oxygen atoms in total. The number of benzene rings is 1. The molecule has 3 heteroatoms. The van der Waals surface area contributed by atoms with Crippen molar-refractivity contribution in [1.82, 2.24) is 4.98 Å². The van der Waals surface area contributed by atoms with Gasteiger partial charge >= 0.3 is 0 Å². The summed E-state index contributed by atoms with van der Waals surface area (Å²) in [6.45, 7) is 2.72. The Balaban J connectivity index is 1.80. The molecule has 0 unspecified atom stereocenters. The fourth-order valence-electron chi connectivity index (χ4n) is 1.81. The number of nitrogens with two attached hydrogens (primary N) is 1. The number of hydrogen-bond donors (Lipinski definition) is 1. The lowest BCUT2D eigenvalue weighted by Crippen LogP contribution is -2.03. The van der Waals surface area contributed by atoms with Gasteiger partial charge in [-0.05, 0) is 43.0 Å². The van der Waals surface area contributed by atoms with Gasteiger partial charge in [-0.3, -0.25) is 0 Å². The molecule has 0 amide bonds. The minimum absolute atomic E-state index is 0.625. The molecule has 0 aliphatic heterocycles. The third-order valence-corrected chi connectivity index (χ3v) is 2.74. The number of anilines is 1. The van der Waals surface area contributed by atoms with E-state index in [1.165, 1.54) is 0 Å². The highest BCUT2D eigenvalue weighted by Gasteiger charge is 2.01. The van der Waals surface area contributed by atoms with E-state index in [1.807, 2.05) is 37.3 Å². The molecule has 0 aliphatic rings. The summed E-state index contributed by atoms with van der Waals surface area (Å²) >= 11 is 0. The number of ether oxygens (including phenoxy) is 1. The fraction of sp³-hybridized carbons (Fsp3) is 0.267. The second kappa shape index (κ2) is 6.05. The smallest absolute Gasteiger partial charge is 0.126 e. The van der Waals surface area contributed by atoms with Crippen LogP contribution < -0.4 is 10.5 Å². The molecule has 2 N–H and O–H groups in total. The monoisotopic (exact) mass is 242 g/mol. The second-order valence-corrected chi connectivity index (χ2v) is 4.32. The predicted octanol–water partition coefficient (Wildman–Crippen LogP) is 2.98. The molecule has 2 rings (SSSR count). The van der Waals surface area contributed by atoms with Gasteiger partial charge in [-0.15, -0.1) is 0 Å². The van der Waals surface area contributed by atoms with Gasteiger partial charge in [0.15, 0.2) is 0 Å². The van der Waals surface area contributed by atoms with Crippen LogP contribution in [0.5, 0.6) is 5.75 Å². The van der Waals surface area contributed by atoms with Gasteiger partial charge in [0.1, 0.15) is 11.6 Å². The second-order valence-electron chi connectivity index (χ2n) is 4.32. The van der Waals surface area contributed by atoms with E-state index >= 15 is 0 Å². The van der Waals surface area contributed by atoms with Crippen LogP contribution in [0.25, 0.3) is 0 Å². The average molecular weight is 242 g/mol. The lowest BCUT2D eigenvalue weighted by molar-refractivity contribution is 0.311. The van der Waals surface area contributed by atoms with Crippen LogP contribution in [0.1, 0.15) is 17.5 Å². The van der Waals surface area contributed by atoms with Crippen molar-refractivity contribution in [2.75, 3.05) is 12.3 Å². The third kappa shape index (κ3) is 3.48. The Morgan fingerprint density at radius 1 is 1.22 bits per heavy atom. The molecule has 0 saturated carbocycles. The standard InChI is InChI=1S/C15H18N2O/c1-12-10-13(15(16)17-11-12)6-5-9-18-14-7-3-2-4-8-14/h2-4,7-8,10-11H,5-6,9H2,1H3,(H2,16,17). The molecular formula is C15H18N2O. The third-order valence-electron chi connectivity index (χ3n) is 2.74. The molecule has 1 aromatic carbocycles. The summed E-state index contributed by atoms with van der Waals surface area (Å²) in [5, 5.41) is 0. The van der Waals surface area contributed by atoms with Crippen molar-refractivity contribution in [3.8, 4) is 5.75 Å². The topological polar surface area (TPSA) is 48.1 Å². The Morgan fingerprint density at radius 2 is 2.00 bits per heavy atom. The van der Waals surface area contributed by atoms with Gasteiger partial charge in [0.25, 0.3) is 0 Å². The maximum absolute atomic E-state index is 5.83. The van der Waals surface area contributed by atoms with Crippen LogP contribution in [-0.4, -0.2) is 11.6 Å². The van der Waals surface area contributed by atoms with Crippen molar-refractivity contribution in [2.45, 2.75) is 19.8 Å². The number of nitrogens with zero attached hydrogens (tertiary/aromatic N) is 1. The molecule has 1 heterocycles. The number of rotatable bonds is 5. The van der Waals surface area contributed by atoms with Crippen LogP contribution in [0.2, 0.25) is 0 Å². The predicted molar refractivity (Wildman–Crippen MR) is 73.6 cm³/mol. The number of hydrogen-bond acceptors (Lipinski definition) is 3. The van der Waals surface area contributed by atoms with Crippen LogP contribution in [0.15, 0.2) is 42.6 Å². The first-order valence-corrected chi connectivity index (χ1v) is 6.14. The maximum Gasteiger partial charge on any atom is 0.126 e. The highest BCUT2D eigenvalue weighted by molar-refractivity contribution is 5.40. The molecular weight excluding hydrogens is 224 g/mol. The fourth-order valence-corrected chi connectivity index (χ4v) is 1.81. The number of pyridine rings is 1. The van der Waals surface area contributed by atoms with Crippen LogP contribution in [-0.2, 0) is 6.42 Å². The quantitative estimate of drug-likeness (QED) is 0.820. The Labute approximate surface area is 108 Å². The Bertz CT molecular complexity index is 497.